The van der Waals surface area contributed by atoms with Crippen molar-refractivity contribution >= 4 is 23.4 Å². The Hall–Kier alpha value is -3.39. The molecule has 0 radical (unpaired) electrons. The van der Waals surface area contributed by atoms with Crippen molar-refractivity contribution in [3.63, 3.8) is 0 Å². The van der Waals surface area contributed by atoms with Gasteiger partial charge in [-0.1, -0.05) is 16.8 Å². The number of nitrogens with two attached hydrogens (primary N) is 1. The highest BCUT2D eigenvalue weighted by Crippen LogP contribution is 2.26. The van der Waals surface area contributed by atoms with Crippen LogP contribution >= 0.6 is 11.6 Å². The van der Waals surface area contributed by atoms with E-state index in [9.17, 15) is 13.6 Å². The van der Waals surface area contributed by atoms with E-state index >= 15 is 0 Å². The van der Waals surface area contributed by atoms with Gasteiger partial charge in [-0.3, -0.25) is 0 Å². The molecule has 0 aliphatic rings. The van der Waals surface area contributed by atoms with Crippen molar-refractivity contribution in [2.45, 2.75) is 6.61 Å². The Balaban J connectivity index is 1.59. The first-order chi connectivity index (χ1) is 13.4. The number of ether oxygens (including phenoxy) is 1. The van der Waals surface area contributed by atoms with E-state index in [1.807, 2.05) is 0 Å². The molecule has 0 unspecified atom stereocenters. The minimum absolute atomic E-state index is 0.0420. The van der Waals surface area contributed by atoms with Gasteiger partial charge in [0.25, 0.3) is 0 Å². The second-order valence-electron chi connectivity index (χ2n) is 5.49. The fourth-order valence-electron chi connectivity index (χ4n) is 2.12. The maximum atomic E-state index is 13.0. The average Bonchev–Trinajstić information content (AvgIpc) is 3.15. The van der Waals surface area contributed by atoms with Crippen LogP contribution in [-0.4, -0.2) is 11.8 Å². The molecule has 0 saturated carbocycles. The molecule has 1 aromatic heterocycles. The fraction of sp³-hybridized carbons (Fsp3) is 0.0526. The van der Waals surface area contributed by atoms with E-state index < -0.39 is 17.6 Å². The fourth-order valence-corrected chi connectivity index (χ4v) is 2.34. The molecular weight excluding hydrogens is 394 g/mol. The van der Waals surface area contributed by atoms with Crippen LogP contribution in [-0.2, 0) is 11.4 Å². The third-order valence-electron chi connectivity index (χ3n) is 3.49. The number of benzene rings is 2. The maximum Gasteiger partial charge on any atom is 0.400 e. The molecule has 0 amide bonds. The van der Waals surface area contributed by atoms with Crippen LogP contribution in [0, 0.1) is 11.6 Å². The maximum absolute atomic E-state index is 13.0. The van der Waals surface area contributed by atoms with E-state index in [4.69, 9.17) is 31.3 Å². The zero-order valence-corrected chi connectivity index (χ0v) is 15.0. The normalized spacial score (nSPS) is 11.3. The van der Waals surface area contributed by atoms with Gasteiger partial charge in [0.2, 0.25) is 5.76 Å². The molecule has 0 fully saturated rings. The van der Waals surface area contributed by atoms with Gasteiger partial charge in [-0.15, -0.1) is 0 Å². The molecular formula is C19H13ClF2N2O4. The van der Waals surface area contributed by atoms with Crippen molar-refractivity contribution in [1.82, 2.24) is 0 Å². The number of amidine groups is 1. The average molecular weight is 407 g/mol. The molecule has 2 N–H and O–H groups in total. The predicted octanol–water partition coefficient (Wildman–Crippen LogP) is 4.27. The van der Waals surface area contributed by atoms with Crippen LogP contribution < -0.4 is 10.5 Å². The molecule has 0 spiro atoms. The summed E-state index contributed by atoms with van der Waals surface area (Å²) < 4.78 is 36.6. The number of hydrogen-bond donors (Lipinski definition) is 1. The number of furan rings is 1. The second-order valence-corrected chi connectivity index (χ2v) is 5.90. The van der Waals surface area contributed by atoms with Crippen LogP contribution in [0.3, 0.4) is 0 Å². The summed E-state index contributed by atoms with van der Waals surface area (Å²) in [4.78, 5) is 16.7. The van der Waals surface area contributed by atoms with Gasteiger partial charge in [-0.2, -0.15) is 0 Å². The molecule has 2 aromatic carbocycles. The summed E-state index contributed by atoms with van der Waals surface area (Å²) in [6, 6.07) is 11.8. The quantitative estimate of drug-likeness (QED) is 0.286. The smallest absolute Gasteiger partial charge is 0.400 e. The van der Waals surface area contributed by atoms with Gasteiger partial charge in [0.15, 0.2) is 5.84 Å². The highest BCUT2D eigenvalue weighted by Gasteiger charge is 2.14. The van der Waals surface area contributed by atoms with Crippen LogP contribution in [0.1, 0.15) is 21.9 Å². The first-order valence-corrected chi connectivity index (χ1v) is 8.27. The molecule has 0 saturated heterocycles. The summed E-state index contributed by atoms with van der Waals surface area (Å²) in [6.45, 7) is -0.0420. The van der Waals surface area contributed by atoms with Crippen molar-refractivity contribution in [3.05, 3.63) is 88.3 Å². The van der Waals surface area contributed by atoms with E-state index in [0.29, 0.717) is 11.3 Å². The lowest BCUT2D eigenvalue weighted by molar-refractivity contribution is 0.0475. The van der Waals surface area contributed by atoms with Gasteiger partial charge in [0.05, 0.1) is 5.02 Å². The van der Waals surface area contributed by atoms with Crippen LogP contribution in [0.15, 0.2) is 64.2 Å². The molecule has 6 nitrogen and oxygen atoms in total. The van der Waals surface area contributed by atoms with Crippen molar-refractivity contribution in [3.8, 4) is 5.75 Å². The zero-order chi connectivity index (χ0) is 20.1. The number of carbonyl (C=O) groups excluding carboxylic acids is 1. The lowest BCUT2D eigenvalue weighted by atomic mass is 10.2. The topological polar surface area (TPSA) is 87.1 Å². The van der Waals surface area contributed by atoms with E-state index in [-0.39, 0.29) is 29.0 Å². The van der Waals surface area contributed by atoms with Gasteiger partial charge in [0.1, 0.15) is 29.8 Å². The largest absolute Gasteiger partial charge is 0.484 e. The second kappa shape index (κ2) is 8.53. The molecule has 144 valence electrons. The summed E-state index contributed by atoms with van der Waals surface area (Å²) in [7, 11) is 0. The third-order valence-corrected chi connectivity index (χ3v) is 3.79. The molecule has 0 atom stereocenters. The molecule has 28 heavy (non-hydrogen) atoms. The van der Waals surface area contributed by atoms with E-state index in [1.54, 1.807) is 0 Å². The Kier molecular flexibility index (Phi) is 5.90. The zero-order valence-electron chi connectivity index (χ0n) is 14.2. The summed E-state index contributed by atoms with van der Waals surface area (Å²) in [5.74, 6) is -1.45. The minimum atomic E-state index is -0.879. The van der Waals surface area contributed by atoms with Gasteiger partial charge in [-0.25, -0.2) is 13.6 Å². The number of halogens is 3. The standard InChI is InChI=1S/C19H13ClF2N2O4/c20-15-9-13(22)5-7-16(15)26-10-14-6-8-17(27-14)19(25)28-24-18(23)11-1-3-12(21)4-2-11/h1-9H,10H2,(H2,23,24). The number of carbonyl (C=O) groups is 1. The molecule has 0 aliphatic carbocycles. The Morgan fingerprint density at radius 1 is 1.07 bits per heavy atom. The summed E-state index contributed by atoms with van der Waals surface area (Å²) in [5.41, 5.74) is 6.06. The highest BCUT2D eigenvalue weighted by atomic mass is 35.5. The number of hydrogen-bond acceptors (Lipinski definition) is 5. The molecule has 3 rings (SSSR count). The molecule has 0 bridgehead atoms. The van der Waals surface area contributed by atoms with Crippen LogP contribution in [0.2, 0.25) is 5.02 Å². The third kappa shape index (κ3) is 4.86. The monoisotopic (exact) mass is 406 g/mol. The van der Waals surface area contributed by atoms with Crippen LogP contribution in [0.25, 0.3) is 0 Å². The lowest BCUT2D eigenvalue weighted by Gasteiger charge is -2.06. The number of oxime groups is 1. The summed E-state index contributed by atoms with van der Waals surface area (Å²) in [5, 5.41) is 3.61. The molecule has 3 aromatic rings. The number of rotatable bonds is 6. The van der Waals surface area contributed by atoms with Crippen molar-refractivity contribution < 1.29 is 27.6 Å². The Morgan fingerprint density at radius 3 is 2.50 bits per heavy atom. The van der Waals surface area contributed by atoms with E-state index in [1.165, 1.54) is 48.5 Å². The Bertz CT molecular complexity index is 1020. The summed E-state index contributed by atoms with van der Waals surface area (Å²) >= 11 is 5.86. The van der Waals surface area contributed by atoms with E-state index in [0.717, 1.165) is 6.07 Å². The Labute approximate surface area is 163 Å². The van der Waals surface area contributed by atoms with Crippen LogP contribution in [0.5, 0.6) is 5.75 Å². The first-order valence-electron chi connectivity index (χ1n) is 7.89. The van der Waals surface area contributed by atoms with Crippen LogP contribution in [0.4, 0.5) is 8.78 Å². The van der Waals surface area contributed by atoms with Crippen molar-refractivity contribution in [2.75, 3.05) is 0 Å². The molecule has 0 aliphatic heterocycles. The van der Waals surface area contributed by atoms with Gasteiger partial charge < -0.3 is 19.7 Å². The molecule has 9 heteroatoms. The van der Waals surface area contributed by atoms with E-state index in [2.05, 4.69) is 5.16 Å². The first kappa shape index (κ1) is 19.4. The predicted molar refractivity (Wildman–Crippen MR) is 97.0 cm³/mol. The number of nitrogens with zero attached hydrogens (tertiary/aromatic N) is 1. The van der Waals surface area contributed by atoms with Crippen molar-refractivity contribution in [2.24, 2.45) is 10.9 Å². The summed E-state index contributed by atoms with van der Waals surface area (Å²) in [6.07, 6.45) is 0. The van der Waals surface area contributed by atoms with Gasteiger partial charge >= 0.3 is 5.97 Å². The lowest BCUT2D eigenvalue weighted by Crippen LogP contribution is -2.15. The molecule has 1 heterocycles. The Morgan fingerprint density at radius 2 is 1.79 bits per heavy atom. The van der Waals surface area contributed by atoms with Crippen molar-refractivity contribution in [1.29, 1.82) is 0 Å². The SMILES string of the molecule is N/C(=N\OC(=O)c1ccc(COc2ccc(F)cc2Cl)o1)c1ccc(F)cc1. The minimum Gasteiger partial charge on any atom is -0.484 e. The van der Waals surface area contributed by atoms with Gasteiger partial charge in [0, 0.05) is 5.56 Å². The van der Waals surface area contributed by atoms with Gasteiger partial charge in [-0.05, 0) is 54.6 Å². The highest BCUT2D eigenvalue weighted by molar-refractivity contribution is 6.32.